The van der Waals surface area contributed by atoms with E-state index in [2.05, 4.69) is 9.93 Å². The van der Waals surface area contributed by atoms with Gasteiger partial charge in [-0.2, -0.15) is 13.5 Å². The Morgan fingerprint density at radius 2 is 1.74 bits per heavy atom. The van der Waals surface area contributed by atoms with Gasteiger partial charge in [0.25, 0.3) is 10.0 Å². The quantitative estimate of drug-likeness (QED) is 0.356. The lowest BCUT2D eigenvalue weighted by Crippen LogP contribution is -2.18. The van der Waals surface area contributed by atoms with E-state index in [1.807, 2.05) is 6.92 Å². The molecule has 0 heterocycles. The molecular weight excluding hydrogens is 459 g/mol. The van der Waals surface area contributed by atoms with Crippen molar-refractivity contribution in [1.29, 1.82) is 0 Å². The van der Waals surface area contributed by atoms with Crippen molar-refractivity contribution in [2.75, 3.05) is 7.11 Å². The third-order valence-electron chi connectivity index (χ3n) is 4.30. The molecule has 0 spiro atoms. The minimum absolute atomic E-state index is 0.137. The fourth-order valence-corrected chi connectivity index (χ4v) is 3.87. The molecule has 31 heavy (non-hydrogen) atoms. The lowest BCUT2D eigenvalue weighted by molar-refractivity contribution is 0.284. The van der Waals surface area contributed by atoms with E-state index in [9.17, 15) is 8.42 Å². The molecule has 3 aromatic carbocycles. The maximum atomic E-state index is 12.3. The first-order valence-electron chi connectivity index (χ1n) is 9.15. The number of sulfonamides is 1. The van der Waals surface area contributed by atoms with Crippen molar-refractivity contribution in [2.45, 2.75) is 18.4 Å². The Labute approximate surface area is 191 Å². The number of hydrogen-bond acceptors (Lipinski definition) is 5. The first-order chi connectivity index (χ1) is 14.8. The standard InChI is InChI=1S/C22H20Cl2N2O4S/c1-15-3-8-19(9-4-15)31(27,28)26-25-13-16-5-10-21(22(11-16)29-2)30-14-17-6-7-18(23)12-20(17)24/h3-13,26H,14H2,1-2H3. The molecule has 162 valence electrons. The number of rotatable bonds is 8. The highest BCUT2D eigenvalue weighted by molar-refractivity contribution is 7.89. The van der Waals surface area contributed by atoms with Crippen LogP contribution in [0.25, 0.3) is 0 Å². The van der Waals surface area contributed by atoms with E-state index in [-0.39, 0.29) is 11.5 Å². The van der Waals surface area contributed by atoms with E-state index in [4.69, 9.17) is 32.7 Å². The first kappa shape index (κ1) is 22.9. The lowest BCUT2D eigenvalue weighted by atomic mass is 10.2. The van der Waals surface area contributed by atoms with Gasteiger partial charge in [0.1, 0.15) is 6.61 Å². The van der Waals surface area contributed by atoms with Crippen molar-refractivity contribution in [1.82, 2.24) is 4.83 Å². The van der Waals surface area contributed by atoms with Crippen LogP contribution in [0, 0.1) is 6.92 Å². The van der Waals surface area contributed by atoms with Crippen molar-refractivity contribution in [3.63, 3.8) is 0 Å². The average Bonchev–Trinajstić information content (AvgIpc) is 2.74. The van der Waals surface area contributed by atoms with E-state index in [0.29, 0.717) is 27.1 Å². The molecule has 0 aliphatic heterocycles. The Hall–Kier alpha value is -2.74. The van der Waals surface area contributed by atoms with Crippen molar-refractivity contribution in [3.05, 3.63) is 87.4 Å². The lowest BCUT2D eigenvalue weighted by Gasteiger charge is -2.12. The summed E-state index contributed by atoms with van der Waals surface area (Å²) in [6.45, 7) is 2.11. The summed E-state index contributed by atoms with van der Waals surface area (Å²) < 4.78 is 35.8. The Morgan fingerprint density at radius 3 is 2.42 bits per heavy atom. The van der Waals surface area contributed by atoms with E-state index >= 15 is 0 Å². The summed E-state index contributed by atoms with van der Waals surface area (Å²) >= 11 is 12.1. The maximum absolute atomic E-state index is 12.3. The molecule has 6 nitrogen and oxygen atoms in total. The SMILES string of the molecule is COc1cc(C=NNS(=O)(=O)c2ccc(C)cc2)ccc1OCc1ccc(Cl)cc1Cl. The Kier molecular flexibility index (Phi) is 7.43. The summed E-state index contributed by atoms with van der Waals surface area (Å²) in [6.07, 6.45) is 1.38. The van der Waals surface area contributed by atoms with Gasteiger partial charge in [-0.1, -0.05) is 47.0 Å². The number of aryl methyl sites for hydroxylation is 1. The summed E-state index contributed by atoms with van der Waals surface area (Å²) in [6, 6.07) is 16.8. The van der Waals surface area contributed by atoms with Crippen LogP contribution in [0.4, 0.5) is 0 Å². The number of ether oxygens (including phenoxy) is 2. The smallest absolute Gasteiger partial charge is 0.276 e. The maximum Gasteiger partial charge on any atom is 0.276 e. The molecule has 3 rings (SSSR count). The molecule has 0 amide bonds. The third kappa shape index (κ3) is 6.13. The van der Waals surface area contributed by atoms with Gasteiger partial charge < -0.3 is 9.47 Å². The Bertz CT molecular complexity index is 1200. The monoisotopic (exact) mass is 478 g/mol. The molecule has 9 heteroatoms. The normalized spacial score (nSPS) is 11.5. The van der Waals surface area contributed by atoms with Crippen LogP contribution in [-0.4, -0.2) is 21.7 Å². The molecule has 0 unspecified atom stereocenters. The van der Waals surface area contributed by atoms with E-state index < -0.39 is 10.0 Å². The molecule has 0 aromatic heterocycles. The van der Waals surface area contributed by atoms with E-state index in [1.54, 1.807) is 48.5 Å². The fourth-order valence-electron chi connectivity index (χ4n) is 2.62. The molecule has 0 aliphatic carbocycles. The number of hydrogen-bond donors (Lipinski definition) is 1. The zero-order chi connectivity index (χ0) is 22.4. The fraction of sp³-hybridized carbons (Fsp3) is 0.136. The minimum atomic E-state index is -3.74. The van der Waals surface area contributed by atoms with Crippen molar-refractivity contribution in [3.8, 4) is 11.5 Å². The van der Waals surface area contributed by atoms with Crippen LogP contribution in [0.15, 0.2) is 70.7 Å². The van der Waals surface area contributed by atoms with E-state index in [0.717, 1.165) is 11.1 Å². The number of halogens is 2. The first-order valence-corrected chi connectivity index (χ1v) is 11.4. The number of hydrazone groups is 1. The Morgan fingerprint density at radius 1 is 1.00 bits per heavy atom. The zero-order valence-electron chi connectivity index (χ0n) is 16.8. The topological polar surface area (TPSA) is 77.0 Å². The summed E-state index contributed by atoms with van der Waals surface area (Å²) in [5.41, 5.74) is 2.37. The summed E-state index contributed by atoms with van der Waals surface area (Å²) in [5.74, 6) is 0.973. The van der Waals surface area contributed by atoms with Gasteiger partial charge in [-0.3, -0.25) is 0 Å². The van der Waals surface area contributed by atoms with Crippen LogP contribution in [0.5, 0.6) is 11.5 Å². The van der Waals surface area contributed by atoms with Gasteiger partial charge in [0.2, 0.25) is 0 Å². The van der Waals surface area contributed by atoms with Crippen LogP contribution >= 0.6 is 23.2 Å². The second kappa shape index (κ2) is 10.0. The molecule has 3 aromatic rings. The minimum Gasteiger partial charge on any atom is -0.493 e. The van der Waals surface area contributed by atoms with Gasteiger partial charge in [-0.15, -0.1) is 0 Å². The number of methoxy groups -OCH3 is 1. The number of nitrogens with one attached hydrogen (secondary N) is 1. The molecule has 0 bridgehead atoms. The largest absolute Gasteiger partial charge is 0.493 e. The van der Waals surface area contributed by atoms with Crippen LogP contribution in [0.2, 0.25) is 10.0 Å². The molecule has 0 atom stereocenters. The van der Waals surface area contributed by atoms with Crippen molar-refractivity contribution >= 4 is 39.4 Å². The number of nitrogens with zero attached hydrogens (tertiary/aromatic N) is 1. The van der Waals surface area contributed by atoms with Gasteiger partial charge in [0, 0.05) is 15.6 Å². The molecule has 0 saturated carbocycles. The average molecular weight is 479 g/mol. The highest BCUT2D eigenvalue weighted by atomic mass is 35.5. The summed E-state index contributed by atoms with van der Waals surface area (Å²) in [5, 5.41) is 4.90. The molecule has 0 saturated heterocycles. The Balaban J connectivity index is 1.68. The predicted octanol–water partition coefficient (Wildman–Crippen LogP) is 5.20. The summed E-state index contributed by atoms with van der Waals surface area (Å²) in [7, 11) is -2.23. The van der Waals surface area contributed by atoms with Crippen LogP contribution < -0.4 is 14.3 Å². The highest BCUT2D eigenvalue weighted by Crippen LogP contribution is 2.29. The van der Waals surface area contributed by atoms with Gasteiger partial charge in [-0.25, -0.2) is 4.83 Å². The predicted molar refractivity (Wildman–Crippen MR) is 123 cm³/mol. The van der Waals surface area contributed by atoms with Gasteiger partial charge in [0.15, 0.2) is 11.5 Å². The van der Waals surface area contributed by atoms with Crippen molar-refractivity contribution < 1.29 is 17.9 Å². The molecule has 0 aliphatic rings. The summed E-state index contributed by atoms with van der Waals surface area (Å²) in [4.78, 5) is 2.33. The molecule has 0 radical (unpaired) electrons. The second-order valence-corrected chi connectivity index (χ2v) is 9.11. The van der Waals surface area contributed by atoms with Gasteiger partial charge in [0.05, 0.1) is 18.2 Å². The molecule has 0 fully saturated rings. The van der Waals surface area contributed by atoms with Gasteiger partial charge >= 0.3 is 0 Å². The number of benzene rings is 3. The molecule has 1 N–H and O–H groups in total. The van der Waals surface area contributed by atoms with Crippen molar-refractivity contribution in [2.24, 2.45) is 5.10 Å². The molecular formula is C22H20Cl2N2O4S. The van der Waals surface area contributed by atoms with E-state index in [1.165, 1.54) is 25.5 Å². The highest BCUT2D eigenvalue weighted by Gasteiger charge is 2.12. The third-order valence-corrected chi connectivity index (χ3v) is 6.13. The van der Waals surface area contributed by atoms with Crippen LogP contribution in [0.3, 0.4) is 0 Å². The zero-order valence-corrected chi connectivity index (χ0v) is 19.1. The van der Waals surface area contributed by atoms with Crippen LogP contribution in [0.1, 0.15) is 16.7 Å². The van der Waals surface area contributed by atoms with Crippen LogP contribution in [-0.2, 0) is 16.6 Å². The second-order valence-electron chi connectivity index (χ2n) is 6.60. The van der Waals surface area contributed by atoms with Gasteiger partial charge in [-0.05, 0) is 55.0 Å².